The van der Waals surface area contributed by atoms with Gasteiger partial charge in [0.15, 0.2) is 5.82 Å². The summed E-state index contributed by atoms with van der Waals surface area (Å²) in [7, 11) is 0. The summed E-state index contributed by atoms with van der Waals surface area (Å²) in [4.78, 5) is 10.3. The van der Waals surface area contributed by atoms with Crippen molar-refractivity contribution in [2.75, 3.05) is 0 Å². The highest BCUT2D eigenvalue weighted by Gasteiger charge is 2.53. The van der Waals surface area contributed by atoms with E-state index >= 15 is 0 Å². The van der Waals surface area contributed by atoms with Crippen LogP contribution in [-0.4, -0.2) is 9.97 Å². The Balaban J connectivity index is 1.37. The summed E-state index contributed by atoms with van der Waals surface area (Å²) in [6.07, 6.45) is 0. The Bertz CT molecular complexity index is 2380. The molecule has 1 spiro atoms. The van der Waals surface area contributed by atoms with Crippen molar-refractivity contribution in [3.63, 3.8) is 0 Å². The number of fused-ring (bicyclic) bond motifs is 9. The second-order valence-electron chi connectivity index (χ2n) is 13.3. The Labute approximate surface area is 280 Å². The van der Waals surface area contributed by atoms with Crippen LogP contribution in [0.15, 0.2) is 152 Å². The molecule has 0 aliphatic heterocycles. The molecular formula is C45H31N3. The van der Waals surface area contributed by atoms with Gasteiger partial charge < -0.3 is 0 Å². The third-order valence-electron chi connectivity index (χ3n) is 10.4. The minimum Gasteiger partial charge on any atom is -0.228 e. The molecule has 1 aromatic heterocycles. The van der Waals surface area contributed by atoms with Gasteiger partial charge in [-0.15, -0.1) is 0 Å². The lowest BCUT2D eigenvalue weighted by atomic mass is 9.55. The molecule has 0 amide bonds. The molecule has 0 saturated heterocycles. The third kappa shape index (κ3) is 3.87. The average molecular weight is 614 g/mol. The smallest absolute Gasteiger partial charge is 0.160 e. The van der Waals surface area contributed by atoms with Crippen molar-refractivity contribution in [1.29, 1.82) is 5.26 Å². The maximum atomic E-state index is 9.43. The van der Waals surface area contributed by atoms with Crippen molar-refractivity contribution in [3.05, 3.63) is 191 Å². The van der Waals surface area contributed by atoms with Crippen molar-refractivity contribution in [2.45, 2.75) is 24.7 Å². The zero-order valence-electron chi connectivity index (χ0n) is 26.8. The summed E-state index contributed by atoms with van der Waals surface area (Å²) in [5.41, 5.74) is 15.1. The predicted octanol–water partition coefficient (Wildman–Crippen LogP) is 10.4. The molecule has 2 aliphatic carbocycles. The van der Waals surface area contributed by atoms with E-state index in [0.717, 1.165) is 28.1 Å². The van der Waals surface area contributed by atoms with Crippen LogP contribution in [0.25, 0.3) is 45.0 Å². The zero-order chi connectivity index (χ0) is 32.5. The van der Waals surface area contributed by atoms with E-state index in [9.17, 15) is 5.26 Å². The van der Waals surface area contributed by atoms with Crippen LogP contribution in [0.3, 0.4) is 0 Å². The Morgan fingerprint density at radius 3 is 1.69 bits per heavy atom. The maximum absolute atomic E-state index is 9.43. The molecular weight excluding hydrogens is 583 g/mol. The van der Waals surface area contributed by atoms with Gasteiger partial charge in [0, 0.05) is 22.1 Å². The van der Waals surface area contributed by atoms with E-state index in [1.54, 1.807) is 0 Å². The maximum Gasteiger partial charge on any atom is 0.160 e. The van der Waals surface area contributed by atoms with Gasteiger partial charge in [-0.3, -0.25) is 0 Å². The highest BCUT2D eigenvalue weighted by atomic mass is 14.9. The summed E-state index contributed by atoms with van der Waals surface area (Å²) in [5, 5.41) is 9.43. The molecule has 0 atom stereocenters. The van der Waals surface area contributed by atoms with Gasteiger partial charge in [0.05, 0.1) is 28.4 Å². The van der Waals surface area contributed by atoms with Crippen LogP contribution in [0, 0.1) is 11.3 Å². The Morgan fingerprint density at radius 1 is 0.479 bits per heavy atom. The molecule has 3 heteroatoms. The van der Waals surface area contributed by atoms with E-state index < -0.39 is 5.41 Å². The summed E-state index contributed by atoms with van der Waals surface area (Å²) < 4.78 is 0. The predicted molar refractivity (Wildman–Crippen MR) is 192 cm³/mol. The van der Waals surface area contributed by atoms with Crippen LogP contribution >= 0.6 is 0 Å². The van der Waals surface area contributed by atoms with Crippen molar-refractivity contribution >= 4 is 0 Å². The number of rotatable bonds is 3. The molecule has 2 aliphatic rings. The van der Waals surface area contributed by atoms with Crippen LogP contribution in [0.2, 0.25) is 0 Å². The Morgan fingerprint density at radius 2 is 1.02 bits per heavy atom. The molecule has 6 aromatic carbocycles. The number of hydrogen-bond donors (Lipinski definition) is 0. The molecule has 0 unspecified atom stereocenters. The second-order valence-corrected chi connectivity index (χ2v) is 13.3. The quantitative estimate of drug-likeness (QED) is 0.199. The number of aromatic nitrogens is 2. The number of hydrogen-bond acceptors (Lipinski definition) is 3. The summed E-state index contributed by atoms with van der Waals surface area (Å²) in [5.74, 6) is 0.629. The van der Waals surface area contributed by atoms with E-state index in [0.29, 0.717) is 11.4 Å². The lowest BCUT2D eigenvalue weighted by molar-refractivity contribution is 0.563. The van der Waals surface area contributed by atoms with Crippen molar-refractivity contribution in [1.82, 2.24) is 9.97 Å². The van der Waals surface area contributed by atoms with Crippen LogP contribution in [0.5, 0.6) is 0 Å². The fourth-order valence-electron chi connectivity index (χ4n) is 8.29. The fraction of sp³-hybridized carbons (Fsp3) is 0.0889. The molecule has 1 heterocycles. The normalized spacial score (nSPS) is 14.4. The lowest BCUT2D eigenvalue weighted by Gasteiger charge is -2.46. The van der Waals surface area contributed by atoms with E-state index in [1.165, 1.54) is 44.5 Å². The number of nitriles is 1. The van der Waals surface area contributed by atoms with Gasteiger partial charge >= 0.3 is 0 Å². The molecule has 0 N–H and O–H groups in total. The van der Waals surface area contributed by atoms with Crippen molar-refractivity contribution < 1.29 is 0 Å². The largest absolute Gasteiger partial charge is 0.228 e. The minimum atomic E-state index is -0.476. The Kier molecular flexibility index (Phi) is 6.13. The molecule has 48 heavy (non-hydrogen) atoms. The molecule has 0 saturated carbocycles. The second kappa shape index (κ2) is 10.5. The van der Waals surface area contributed by atoms with Crippen molar-refractivity contribution in [2.24, 2.45) is 0 Å². The van der Waals surface area contributed by atoms with E-state index in [2.05, 4.69) is 129 Å². The Hall–Kier alpha value is -6.11. The first-order chi connectivity index (χ1) is 23.5. The van der Waals surface area contributed by atoms with Crippen molar-refractivity contribution in [3.8, 4) is 51.1 Å². The summed E-state index contributed by atoms with van der Waals surface area (Å²) in [6.45, 7) is 4.71. The molecule has 9 rings (SSSR count). The van der Waals surface area contributed by atoms with Gasteiger partial charge in [0.2, 0.25) is 0 Å². The van der Waals surface area contributed by atoms with Crippen LogP contribution in [0.1, 0.15) is 52.8 Å². The molecule has 7 aromatic rings. The van der Waals surface area contributed by atoms with Gasteiger partial charge in [0.25, 0.3) is 0 Å². The summed E-state index contributed by atoms with van der Waals surface area (Å²) >= 11 is 0. The zero-order valence-corrected chi connectivity index (χ0v) is 26.8. The minimum absolute atomic E-state index is 0.152. The SMILES string of the molecule is CC1(C)c2ccccc2C2(c3ccccc3-c3c(-c4cc(-c5ccccc5)nc(-c5ccc(C#N)cc5)n4)cccc32)c2ccccc21. The van der Waals surface area contributed by atoms with Gasteiger partial charge in [0.1, 0.15) is 0 Å². The van der Waals surface area contributed by atoms with Gasteiger partial charge in [-0.25, -0.2) is 9.97 Å². The highest BCUT2D eigenvalue weighted by Crippen LogP contribution is 2.63. The first-order valence-corrected chi connectivity index (χ1v) is 16.4. The lowest BCUT2D eigenvalue weighted by Crippen LogP contribution is -2.40. The number of benzene rings is 6. The fourth-order valence-corrected chi connectivity index (χ4v) is 8.29. The number of nitrogens with zero attached hydrogens (tertiary/aromatic N) is 3. The highest BCUT2D eigenvalue weighted by molar-refractivity contribution is 5.96. The molecule has 0 radical (unpaired) electrons. The van der Waals surface area contributed by atoms with Gasteiger partial charge in [-0.05, 0) is 74.8 Å². The standard InChI is InChI=1S/C45H31N3/c1-44(2)35-18-8-10-20-37(35)45(38-21-11-9-19-36(38)44)34-17-7-6-15-32(34)42-33(16-12-22-39(42)45)41-27-40(30-13-4-3-5-14-30)47-43(48-41)31-25-23-29(28-46)24-26-31/h3-27H,1-2H3. The average Bonchev–Trinajstić information content (AvgIpc) is 3.45. The van der Waals surface area contributed by atoms with Gasteiger partial charge in [-0.2, -0.15) is 5.26 Å². The molecule has 0 bridgehead atoms. The monoisotopic (exact) mass is 613 g/mol. The molecule has 0 fully saturated rings. The van der Waals surface area contributed by atoms with Crippen LogP contribution in [-0.2, 0) is 10.8 Å². The first kappa shape index (κ1) is 28.1. The topological polar surface area (TPSA) is 49.6 Å². The van der Waals surface area contributed by atoms with E-state index in [4.69, 9.17) is 9.97 Å². The van der Waals surface area contributed by atoms with E-state index in [-0.39, 0.29) is 5.41 Å². The summed E-state index contributed by atoms with van der Waals surface area (Å²) in [6, 6.07) is 55.9. The van der Waals surface area contributed by atoms with Crippen LogP contribution in [0.4, 0.5) is 0 Å². The van der Waals surface area contributed by atoms with Gasteiger partial charge in [-0.1, -0.05) is 135 Å². The van der Waals surface area contributed by atoms with Crippen LogP contribution < -0.4 is 0 Å². The van der Waals surface area contributed by atoms with E-state index in [1.807, 2.05) is 42.5 Å². The third-order valence-corrected chi connectivity index (χ3v) is 10.4. The molecule has 226 valence electrons. The molecule has 3 nitrogen and oxygen atoms in total. The first-order valence-electron chi connectivity index (χ1n) is 16.4.